The Balaban J connectivity index is 1.86. The van der Waals surface area contributed by atoms with Gasteiger partial charge in [0.1, 0.15) is 6.54 Å². The van der Waals surface area contributed by atoms with Gasteiger partial charge in [0, 0.05) is 0 Å². The van der Waals surface area contributed by atoms with Crippen LogP contribution in [0.3, 0.4) is 0 Å². The van der Waals surface area contributed by atoms with Crippen LogP contribution in [-0.2, 0) is 27.4 Å². The highest BCUT2D eigenvalue weighted by molar-refractivity contribution is 7.92. The van der Waals surface area contributed by atoms with E-state index in [9.17, 15) is 26.4 Å². The van der Waals surface area contributed by atoms with Crippen molar-refractivity contribution in [2.45, 2.75) is 31.3 Å². The molecule has 0 bridgehead atoms. The summed E-state index contributed by atoms with van der Waals surface area (Å²) in [5.74, 6) is -0.755. The Hall–Kier alpha value is -3.66. The summed E-state index contributed by atoms with van der Waals surface area (Å²) in [6.07, 6.45) is -2.91. The minimum Gasteiger partial charge on any atom is -0.271 e. The van der Waals surface area contributed by atoms with Crippen LogP contribution in [-0.4, -0.2) is 27.1 Å². The smallest absolute Gasteiger partial charge is 0.271 e. The molecule has 35 heavy (non-hydrogen) atoms. The van der Waals surface area contributed by atoms with Gasteiger partial charge in [-0.2, -0.15) is 18.3 Å². The molecule has 0 radical (unpaired) electrons. The second kappa shape index (κ2) is 10.7. The van der Waals surface area contributed by atoms with E-state index in [-0.39, 0.29) is 10.5 Å². The average Bonchev–Trinajstić information content (AvgIpc) is 2.82. The van der Waals surface area contributed by atoms with E-state index in [4.69, 9.17) is 0 Å². The van der Waals surface area contributed by atoms with Crippen molar-refractivity contribution in [1.82, 2.24) is 5.43 Å². The van der Waals surface area contributed by atoms with Crippen molar-refractivity contribution in [1.29, 1.82) is 0 Å². The number of halogens is 3. The molecule has 6 nitrogen and oxygen atoms in total. The first kappa shape index (κ1) is 26.0. The second-order valence-electron chi connectivity index (χ2n) is 7.72. The number of para-hydroxylation sites is 1. The van der Waals surface area contributed by atoms with E-state index < -0.39 is 34.2 Å². The van der Waals surface area contributed by atoms with Gasteiger partial charge >= 0.3 is 6.18 Å². The summed E-state index contributed by atoms with van der Waals surface area (Å²) in [6, 6.07) is 17.5. The number of hydrogen-bond acceptors (Lipinski definition) is 4. The van der Waals surface area contributed by atoms with Crippen LogP contribution >= 0.6 is 0 Å². The van der Waals surface area contributed by atoms with Crippen LogP contribution < -0.4 is 9.73 Å². The fourth-order valence-corrected chi connectivity index (χ4v) is 4.79. The summed E-state index contributed by atoms with van der Waals surface area (Å²) in [5.41, 5.74) is 3.44. The van der Waals surface area contributed by atoms with Crippen molar-refractivity contribution >= 4 is 27.8 Å². The molecule has 0 fully saturated rings. The molecule has 0 spiro atoms. The maximum atomic E-state index is 13.5. The zero-order valence-corrected chi connectivity index (χ0v) is 19.9. The fourth-order valence-electron chi connectivity index (χ4n) is 3.33. The molecule has 0 aliphatic carbocycles. The van der Waals surface area contributed by atoms with E-state index in [0.29, 0.717) is 12.1 Å². The second-order valence-corrected chi connectivity index (χ2v) is 9.59. The van der Waals surface area contributed by atoms with Gasteiger partial charge in [0.25, 0.3) is 15.9 Å². The quantitative estimate of drug-likeness (QED) is 0.350. The van der Waals surface area contributed by atoms with E-state index in [1.165, 1.54) is 24.3 Å². The first-order valence-electron chi connectivity index (χ1n) is 10.7. The van der Waals surface area contributed by atoms with Gasteiger partial charge in [-0.25, -0.2) is 13.8 Å². The summed E-state index contributed by atoms with van der Waals surface area (Å²) in [5, 5.41) is 3.71. The first-order chi connectivity index (χ1) is 16.5. The van der Waals surface area contributed by atoms with Crippen LogP contribution in [0.4, 0.5) is 18.9 Å². The third-order valence-corrected chi connectivity index (χ3v) is 6.93. The number of nitrogens with zero attached hydrogens (tertiary/aromatic N) is 2. The average molecular weight is 504 g/mol. The molecule has 3 aromatic carbocycles. The maximum absolute atomic E-state index is 13.5. The number of rotatable bonds is 8. The van der Waals surface area contributed by atoms with Crippen molar-refractivity contribution in [2.24, 2.45) is 5.10 Å². The standard InChI is InChI=1S/C25H24F3N3O3S/c1-3-20-8-4-5-10-23(20)31(35(33,34)22-13-11-18(2)12-14-22)17-24(32)30-29-16-19-7-6-9-21(15-19)25(26,27)28/h4-16H,3,17H2,1-2H3,(H,30,32)/b29-16-. The first-order valence-corrected chi connectivity index (χ1v) is 12.1. The van der Waals surface area contributed by atoms with Crippen molar-refractivity contribution in [3.05, 3.63) is 95.1 Å². The van der Waals surface area contributed by atoms with Gasteiger partial charge in [0.05, 0.1) is 22.4 Å². The molecule has 0 aliphatic heterocycles. The number of alkyl halides is 3. The molecule has 0 heterocycles. The van der Waals surface area contributed by atoms with Crippen molar-refractivity contribution < 1.29 is 26.4 Å². The molecule has 0 aliphatic rings. The minimum atomic E-state index is -4.51. The number of hydrazone groups is 1. The van der Waals surface area contributed by atoms with Gasteiger partial charge < -0.3 is 0 Å². The van der Waals surface area contributed by atoms with Crippen LogP contribution in [0, 0.1) is 6.92 Å². The number of hydrogen-bond donors (Lipinski definition) is 1. The van der Waals surface area contributed by atoms with Gasteiger partial charge in [-0.3, -0.25) is 9.10 Å². The summed E-state index contributed by atoms with van der Waals surface area (Å²) in [7, 11) is -4.10. The largest absolute Gasteiger partial charge is 0.416 e. The molecule has 1 amide bonds. The third-order valence-electron chi connectivity index (χ3n) is 5.15. The summed E-state index contributed by atoms with van der Waals surface area (Å²) >= 11 is 0. The van der Waals surface area contributed by atoms with Gasteiger partial charge in [-0.15, -0.1) is 0 Å². The molecule has 0 aromatic heterocycles. The number of nitrogens with one attached hydrogen (secondary N) is 1. The zero-order valence-electron chi connectivity index (χ0n) is 19.1. The lowest BCUT2D eigenvalue weighted by atomic mass is 10.1. The van der Waals surface area contributed by atoms with E-state index in [0.717, 1.165) is 33.8 Å². The molecule has 3 aromatic rings. The number of aryl methyl sites for hydroxylation is 2. The normalized spacial score (nSPS) is 12.0. The van der Waals surface area contributed by atoms with Crippen LogP contribution in [0.1, 0.15) is 29.2 Å². The lowest BCUT2D eigenvalue weighted by Gasteiger charge is -2.25. The van der Waals surface area contributed by atoms with Gasteiger partial charge in [-0.1, -0.05) is 55.0 Å². The molecule has 3 rings (SSSR count). The Morgan fingerprint density at radius 2 is 1.71 bits per heavy atom. The summed E-state index contributed by atoms with van der Waals surface area (Å²) in [4.78, 5) is 12.7. The summed E-state index contributed by atoms with van der Waals surface area (Å²) < 4.78 is 66.6. The van der Waals surface area contributed by atoms with E-state index in [1.54, 1.807) is 36.4 Å². The highest BCUT2D eigenvalue weighted by atomic mass is 32.2. The highest BCUT2D eigenvalue weighted by Gasteiger charge is 2.30. The van der Waals surface area contributed by atoms with Crippen LogP contribution in [0.25, 0.3) is 0 Å². The molecular formula is C25H24F3N3O3S. The highest BCUT2D eigenvalue weighted by Crippen LogP contribution is 2.29. The number of amides is 1. The van der Waals surface area contributed by atoms with Gasteiger partial charge in [-0.05, 0) is 54.8 Å². The van der Waals surface area contributed by atoms with E-state index >= 15 is 0 Å². The number of carbonyl (C=O) groups is 1. The Kier molecular flexibility index (Phi) is 7.96. The lowest BCUT2D eigenvalue weighted by Crippen LogP contribution is -2.40. The third kappa shape index (κ3) is 6.48. The minimum absolute atomic E-state index is 0.0225. The van der Waals surface area contributed by atoms with E-state index in [1.807, 2.05) is 13.8 Å². The molecule has 0 unspecified atom stereocenters. The molecule has 0 saturated carbocycles. The van der Waals surface area contributed by atoms with Gasteiger partial charge in [0.2, 0.25) is 0 Å². The predicted molar refractivity (Wildman–Crippen MR) is 129 cm³/mol. The van der Waals surface area contributed by atoms with E-state index in [2.05, 4.69) is 10.5 Å². The molecule has 10 heteroatoms. The Morgan fingerprint density at radius 1 is 1.03 bits per heavy atom. The van der Waals surface area contributed by atoms with Crippen LogP contribution in [0.15, 0.2) is 82.8 Å². The number of anilines is 1. The lowest BCUT2D eigenvalue weighted by molar-refractivity contribution is -0.137. The topological polar surface area (TPSA) is 78.8 Å². The van der Waals surface area contributed by atoms with Crippen molar-refractivity contribution in [3.63, 3.8) is 0 Å². The Bertz CT molecular complexity index is 1320. The van der Waals surface area contributed by atoms with Crippen LogP contribution in [0.5, 0.6) is 0 Å². The number of carbonyl (C=O) groups excluding carboxylic acids is 1. The molecule has 0 saturated heterocycles. The van der Waals surface area contributed by atoms with Gasteiger partial charge in [0.15, 0.2) is 0 Å². The zero-order chi connectivity index (χ0) is 25.6. The van der Waals surface area contributed by atoms with Crippen molar-refractivity contribution in [2.75, 3.05) is 10.8 Å². The van der Waals surface area contributed by atoms with Crippen molar-refractivity contribution in [3.8, 4) is 0 Å². The summed E-state index contributed by atoms with van der Waals surface area (Å²) in [6.45, 7) is 3.12. The molecule has 184 valence electrons. The molecule has 0 atom stereocenters. The number of sulfonamides is 1. The fraction of sp³-hybridized carbons (Fsp3) is 0.200. The Morgan fingerprint density at radius 3 is 2.37 bits per heavy atom. The monoisotopic (exact) mass is 503 g/mol. The van der Waals surface area contributed by atoms with Crippen LogP contribution in [0.2, 0.25) is 0 Å². The maximum Gasteiger partial charge on any atom is 0.416 e. The Labute approximate surface area is 202 Å². The molecular weight excluding hydrogens is 479 g/mol. The number of benzene rings is 3. The predicted octanol–water partition coefficient (Wildman–Crippen LogP) is 4.92. The SMILES string of the molecule is CCc1ccccc1N(CC(=O)N/N=C\c1cccc(C(F)(F)F)c1)S(=O)(=O)c1ccc(C)cc1. The molecule has 1 N–H and O–H groups in total.